The van der Waals surface area contributed by atoms with Gasteiger partial charge in [-0.25, -0.2) is 4.98 Å². The summed E-state index contributed by atoms with van der Waals surface area (Å²) in [6.07, 6.45) is 3.48. The fourth-order valence-corrected chi connectivity index (χ4v) is 4.66. The zero-order chi connectivity index (χ0) is 20.6. The second-order valence-corrected chi connectivity index (χ2v) is 8.44. The van der Waals surface area contributed by atoms with Crippen LogP contribution >= 0.6 is 0 Å². The highest BCUT2D eigenvalue weighted by molar-refractivity contribution is 5.98. The van der Waals surface area contributed by atoms with Crippen LogP contribution in [0.3, 0.4) is 0 Å². The van der Waals surface area contributed by atoms with E-state index in [2.05, 4.69) is 9.97 Å². The summed E-state index contributed by atoms with van der Waals surface area (Å²) in [6, 6.07) is 15.8. The number of fused-ring (bicyclic) bond motifs is 1. The molecule has 1 N–H and O–H groups in total. The molecule has 2 aliphatic rings. The number of carbonyl (C=O) groups excluding carboxylic acids is 1. The van der Waals surface area contributed by atoms with Crippen molar-refractivity contribution in [3.8, 4) is 5.88 Å². The number of pyridine rings is 1. The number of H-pyrrole nitrogens is 1. The summed E-state index contributed by atoms with van der Waals surface area (Å²) in [5, 5.41) is 1.06. The van der Waals surface area contributed by atoms with Gasteiger partial charge < -0.3 is 19.4 Å². The van der Waals surface area contributed by atoms with E-state index >= 15 is 0 Å². The number of amides is 1. The summed E-state index contributed by atoms with van der Waals surface area (Å²) >= 11 is 0. The van der Waals surface area contributed by atoms with Crippen LogP contribution in [-0.2, 0) is 4.74 Å². The second-order valence-electron chi connectivity index (χ2n) is 8.44. The summed E-state index contributed by atoms with van der Waals surface area (Å²) in [5.74, 6) is 0.747. The highest BCUT2D eigenvalue weighted by Gasteiger charge is 2.42. The monoisotopic (exact) mass is 405 g/mol. The van der Waals surface area contributed by atoms with Gasteiger partial charge in [0, 0.05) is 48.6 Å². The Balaban J connectivity index is 1.22. The Bertz CT molecular complexity index is 1020. The fraction of sp³-hybridized carbons (Fsp3) is 0.417. The number of para-hydroxylation sites is 1. The number of hydrogen-bond acceptors (Lipinski definition) is 4. The lowest BCUT2D eigenvalue weighted by Gasteiger charge is -2.45. The standard InChI is InChI=1S/C24H27N3O3/c1-17-5-4-8-22(25-17)30-19-9-14-29-24(16-19)10-12-27(13-11-24)23(28)21-15-18-6-2-3-7-20(18)26-21/h2-8,15,19,26H,9-14,16H2,1H3. The average Bonchev–Trinajstić information content (AvgIpc) is 3.18. The molecule has 30 heavy (non-hydrogen) atoms. The lowest BCUT2D eigenvalue weighted by atomic mass is 9.83. The van der Waals surface area contributed by atoms with E-state index in [1.54, 1.807) is 0 Å². The van der Waals surface area contributed by atoms with E-state index in [-0.39, 0.29) is 17.6 Å². The van der Waals surface area contributed by atoms with Gasteiger partial charge in [0.05, 0.1) is 12.2 Å². The van der Waals surface area contributed by atoms with Gasteiger partial charge in [-0.05, 0) is 38.0 Å². The number of benzene rings is 1. The third-order valence-electron chi connectivity index (χ3n) is 6.32. The second kappa shape index (κ2) is 7.76. The summed E-state index contributed by atoms with van der Waals surface area (Å²) in [4.78, 5) is 22.7. The number of piperidine rings is 1. The van der Waals surface area contributed by atoms with Crippen LogP contribution in [0.5, 0.6) is 5.88 Å². The zero-order valence-corrected chi connectivity index (χ0v) is 17.3. The van der Waals surface area contributed by atoms with Gasteiger partial charge in [0.15, 0.2) is 0 Å². The molecule has 2 aliphatic heterocycles. The topological polar surface area (TPSA) is 67.5 Å². The average molecular weight is 405 g/mol. The molecule has 1 amide bonds. The van der Waals surface area contributed by atoms with Crippen molar-refractivity contribution >= 4 is 16.8 Å². The molecule has 6 heteroatoms. The Morgan fingerprint density at radius 1 is 1.20 bits per heavy atom. The quantitative estimate of drug-likeness (QED) is 0.712. The Hall–Kier alpha value is -2.86. The molecular formula is C24H27N3O3. The molecule has 0 saturated carbocycles. The Morgan fingerprint density at radius 3 is 2.83 bits per heavy atom. The highest BCUT2D eigenvalue weighted by atomic mass is 16.5. The van der Waals surface area contributed by atoms with Gasteiger partial charge in [0.2, 0.25) is 5.88 Å². The summed E-state index contributed by atoms with van der Waals surface area (Å²) in [7, 11) is 0. The molecule has 1 spiro atoms. The Morgan fingerprint density at radius 2 is 2.03 bits per heavy atom. The number of likely N-dealkylation sites (tertiary alicyclic amines) is 1. The maximum atomic E-state index is 13.0. The summed E-state index contributed by atoms with van der Waals surface area (Å²) in [6.45, 7) is 4.05. The van der Waals surface area contributed by atoms with Crippen LogP contribution in [0.2, 0.25) is 0 Å². The third kappa shape index (κ3) is 3.79. The smallest absolute Gasteiger partial charge is 0.270 e. The van der Waals surface area contributed by atoms with Gasteiger partial charge in [0.25, 0.3) is 5.91 Å². The molecule has 1 atom stereocenters. The van der Waals surface area contributed by atoms with Gasteiger partial charge >= 0.3 is 0 Å². The molecule has 2 aromatic heterocycles. The van der Waals surface area contributed by atoms with E-state index in [1.165, 1.54) is 0 Å². The highest BCUT2D eigenvalue weighted by Crippen LogP contribution is 2.36. The van der Waals surface area contributed by atoms with Crippen molar-refractivity contribution < 1.29 is 14.3 Å². The molecule has 1 unspecified atom stereocenters. The number of aryl methyl sites for hydroxylation is 1. The lowest BCUT2D eigenvalue weighted by molar-refractivity contribution is -0.135. The molecule has 2 saturated heterocycles. The van der Waals surface area contributed by atoms with E-state index in [0.717, 1.165) is 42.3 Å². The SMILES string of the molecule is Cc1cccc(OC2CCOC3(CCN(C(=O)c4cc5ccccc5[nH]4)CC3)C2)n1. The minimum Gasteiger partial charge on any atom is -0.474 e. The van der Waals surface area contributed by atoms with Crippen molar-refractivity contribution in [3.63, 3.8) is 0 Å². The predicted octanol–water partition coefficient (Wildman–Crippen LogP) is 4.10. The number of rotatable bonds is 3. The normalized spacial score (nSPS) is 21.1. The van der Waals surface area contributed by atoms with Crippen LogP contribution in [0, 0.1) is 6.92 Å². The first kappa shape index (κ1) is 19.1. The van der Waals surface area contributed by atoms with Crippen LogP contribution in [0.15, 0.2) is 48.5 Å². The molecule has 0 aliphatic carbocycles. The zero-order valence-electron chi connectivity index (χ0n) is 17.3. The van der Waals surface area contributed by atoms with Gasteiger partial charge in [-0.1, -0.05) is 24.3 Å². The Kier molecular flexibility index (Phi) is 4.95. The molecule has 6 nitrogen and oxygen atoms in total. The number of aromatic nitrogens is 2. The maximum Gasteiger partial charge on any atom is 0.270 e. The molecule has 0 radical (unpaired) electrons. The van der Waals surface area contributed by atoms with Crippen LogP contribution in [-0.4, -0.2) is 52.2 Å². The molecule has 2 fully saturated rings. The van der Waals surface area contributed by atoms with Gasteiger partial charge in [0.1, 0.15) is 11.8 Å². The number of carbonyl (C=O) groups is 1. The van der Waals surface area contributed by atoms with E-state index < -0.39 is 0 Å². The first-order chi connectivity index (χ1) is 14.6. The molecule has 0 bridgehead atoms. The first-order valence-electron chi connectivity index (χ1n) is 10.7. The van der Waals surface area contributed by atoms with Crippen LogP contribution in [0.4, 0.5) is 0 Å². The lowest BCUT2D eigenvalue weighted by Crippen LogP contribution is -2.52. The fourth-order valence-electron chi connectivity index (χ4n) is 4.66. The van der Waals surface area contributed by atoms with Gasteiger partial charge in [-0.2, -0.15) is 0 Å². The van der Waals surface area contributed by atoms with Gasteiger partial charge in [-0.15, -0.1) is 0 Å². The number of aromatic amines is 1. The minimum atomic E-state index is -0.204. The summed E-state index contributed by atoms with van der Waals surface area (Å²) < 4.78 is 12.4. The molecule has 156 valence electrons. The van der Waals surface area contributed by atoms with E-state index in [4.69, 9.17) is 9.47 Å². The van der Waals surface area contributed by atoms with E-state index in [0.29, 0.717) is 31.3 Å². The van der Waals surface area contributed by atoms with Crippen LogP contribution in [0.25, 0.3) is 10.9 Å². The molecule has 5 rings (SSSR count). The van der Waals surface area contributed by atoms with Crippen molar-refractivity contribution in [1.82, 2.24) is 14.9 Å². The van der Waals surface area contributed by atoms with Crippen molar-refractivity contribution in [3.05, 3.63) is 59.9 Å². The van der Waals surface area contributed by atoms with Crippen molar-refractivity contribution in [1.29, 1.82) is 0 Å². The minimum absolute atomic E-state index is 0.0635. The van der Waals surface area contributed by atoms with Crippen molar-refractivity contribution in [2.75, 3.05) is 19.7 Å². The van der Waals surface area contributed by atoms with E-state index in [9.17, 15) is 4.79 Å². The van der Waals surface area contributed by atoms with Crippen LogP contribution < -0.4 is 4.74 Å². The molecule has 4 heterocycles. The van der Waals surface area contributed by atoms with E-state index in [1.807, 2.05) is 60.4 Å². The van der Waals surface area contributed by atoms with Crippen molar-refractivity contribution in [2.45, 2.75) is 44.3 Å². The molecule has 1 aromatic carbocycles. The summed E-state index contributed by atoms with van der Waals surface area (Å²) in [5.41, 5.74) is 2.40. The predicted molar refractivity (Wildman–Crippen MR) is 115 cm³/mol. The molecular weight excluding hydrogens is 378 g/mol. The Labute approximate surface area is 176 Å². The first-order valence-corrected chi connectivity index (χ1v) is 10.7. The van der Waals surface area contributed by atoms with Gasteiger partial charge in [-0.3, -0.25) is 4.79 Å². The number of nitrogens with one attached hydrogen (secondary N) is 1. The number of nitrogens with zero attached hydrogens (tertiary/aromatic N) is 2. The molecule has 3 aromatic rings. The third-order valence-corrected chi connectivity index (χ3v) is 6.32. The number of ether oxygens (including phenoxy) is 2. The largest absolute Gasteiger partial charge is 0.474 e. The van der Waals surface area contributed by atoms with Crippen molar-refractivity contribution in [2.24, 2.45) is 0 Å². The van der Waals surface area contributed by atoms with Crippen LogP contribution in [0.1, 0.15) is 41.9 Å². The maximum absolute atomic E-state index is 13.0. The number of hydrogen-bond donors (Lipinski definition) is 1.